The highest BCUT2D eigenvalue weighted by atomic mass is 16.6. The smallest absolute Gasteiger partial charge is 0.423 e. The second-order valence-corrected chi connectivity index (χ2v) is 5.91. The first-order chi connectivity index (χ1) is 11.7. The van der Waals surface area contributed by atoms with E-state index < -0.39 is 14.2 Å². The second kappa shape index (κ2) is 5.76. The van der Waals surface area contributed by atoms with Gasteiger partial charge in [0.25, 0.3) is 0 Å². The van der Waals surface area contributed by atoms with E-state index in [-0.39, 0.29) is 0 Å². The third-order valence-corrected chi connectivity index (χ3v) is 4.69. The Morgan fingerprint density at radius 2 is 1.12 bits per heavy atom. The van der Waals surface area contributed by atoms with Crippen LogP contribution in [0.1, 0.15) is 0 Å². The molecule has 4 nitrogen and oxygen atoms in total. The Hall–Kier alpha value is -2.11. The van der Waals surface area contributed by atoms with Crippen molar-refractivity contribution in [3.8, 4) is 0 Å². The van der Waals surface area contributed by atoms with E-state index in [0.29, 0.717) is 5.46 Å². The molecule has 0 aliphatic heterocycles. The molecule has 0 amide bonds. The average molecular weight is 318 g/mol. The third-order valence-electron chi connectivity index (χ3n) is 4.69. The van der Waals surface area contributed by atoms with Crippen molar-refractivity contribution < 1.29 is 19.4 Å². The van der Waals surface area contributed by atoms with Gasteiger partial charge in [-0.15, -0.1) is 0 Å². The Labute approximate surface area is 140 Å². The number of hydrogen-bond donors (Lipinski definition) is 2. The first kappa shape index (κ1) is 15.4. The maximum atomic E-state index is 9.69. The Morgan fingerprint density at radius 1 is 0.667 bits per heavy atom. The van der Waals surface area contributed by atoms with Crippen molar-refractivity contribution in [2.45, 2.75) is 0 Å². The molecule has 0 saturated carbocycles. The van der Waals surface area contributed by atoms with Gasteiger partial charge in [0.1, 0.15) is 0 Å². The molecule has 0 unspecified atom stereocenters. The van der Waals surface area contributed by atoms with E-state index in [9.17, 15) is 10.0 Å². The molecule has 0 aliphatic carbocycles. The van der Waals surface area contributed by atoms with Crippen molar-refractivity contribution in [3.63, 3.8) is 0 Å². The number of hydrogen-bond acceptors (Lipinski definition) is 4. The molecule has 4 aromatic carbocycles. The first-order valence-corrected chi connectivity index (χ1v) is 7.77. The molecule has 0 aromatic heterocycles. The van der Waals surface area contributed by atoms with E-state index in [1.165, 1.54) is 0 Å². The summed E-state index contributed by atoms with van der Waals surface area (Å²) in [5.41, 5.74) is 1.47. The van der Waals surface area contributed by atoms with Gasteiger partial charge in [0.2, 0.25) is 0 Å². The minimum Gasteiger partial charge on any atom is -0.423 e. The van der Waals surface area contributed by atoms with E-state index in [4.69, 9.17) is 9.31 Å². The fourth-order valence-electron chi connectivity index (χ4n) is 3.63. The molecule has 0 heterocycles. The monoisotopic (exact) mass is 318 g/mol. The minimum atomic E-state index is -1.50. The summed E-state index contributed by atoms with van der Waals surface area (Å²) in [5, 5.41) is 25.6. The van der Waals surface area contributed by atoms with Crippen LogP contribution in [0.5, 0.6) is 0 Å². The van der Waals surface area contributed by atoms with Crippen molar-refractivity contribution in [1.29, 1.82) is 0 Å². The molecule has 6 heteroatoms. The van der Waals surface area contributed by atoms with Gasteiger partial charge in [-0.25, -0.2) is 0 Å². The van der Waals surface area contributed by atoms with Gasteiger partial charge in [0, 0.05) is 14.2 Å². The van der Waals surface area contributed by atoms with Crippen LogP contribution in [-0.2, 0) is 9.31 Å². The zero-order valence-corrected chi connectivity index (χ0v) is 13.5. The van der Waals surface area contributed by atoms with Crippen LogP contribution in [0.15, 0.2) is 48.5 Å². The molecule has 24 heavy (non-hydrogen) atoms. The zero-order valence-electron chi connectivity index (χ0n) is 13.5. The van der Waals surface area contributed by atoms with Crippen molar-refractivity contribution in [2.75, 3.05) is 14.2 Å². The molecule has 0 spiro atoms. The van der Waals surface area contributed by atoms with Gasteiger partial charge in [0.15, 0.2) is 0 Å². The average Bonchev–Trinajstić information content (AvgIpc) is 2.61. The van der Waals surface area contributed by atoms with E-state index in [0.717, 1.165) is 37.8 Å². The highest BCUT2D eigenvalue weighted by Crippen LogP contribution is 2.33. The summed E-state index contributed by atoms with van der Waals surface area (Å²) >= 11 is 0. The van der Waals surface area contributed by atoms with Crippen LogP contribution in [0, 0.1) is 0 Å². The quantitative estimate of drug-likeness (QED) is 0.439. The Bertz CT molecular complexity index is 1030. The van der Waals surface area contributed by atoms with Gasteiger partial charge in [-0.1, -0.05) is 48.5 Å². The lowest BCUT2D eigenvalue weighted by Crippen LogP contribution is -2.35. The van der Waals surface area contributed by atoms with Crippen LogP contribution in [0.4, 0.5) is 0 Å². The van der Waals surface area contributed by atoms with E-state index in [2.05, 4.69) is 6.07 Å². The molecule has 0 saturated heterocycles. The summed E-state index contributed by atoms with van der Waals surface area (Å²) in [5.74, 6) is 0. The number of rotatable bonds is 4. The van der Waals surface area contributed by atoms with E-state index in [1.807, 2.05) is 36.4 Å². The molecular weight excluding hydrogens is 302 g/mol. The molecule has 2 N–H and O–H groups in total. The highest BCUT2D eigenvalue weighted by molar-refractivity contribution is 6.65. The van der Waals surface area contributed by atoms with Gasteiger partial charge in [-0.05, 0) is 43.2 Å². The van der Waals surface area contributed by atoms with E-state index in [1.54, 1.807) is 20.3 Å². The van der Waals surface area contributed by atoms with Crippen molar-refractivity contribution >= 4 is 57.5 Å². The van der Waals surface area contributed by atoms with Crippen molar-refractivity contribution in [1.82, 2.24) is 0 Å². The van der Waals surface area contributed by atoms with Gasteiger partial charge in [-0.2, -0.15) is 0 Å². The minimum absolute atomic E-state index is 0.447. The van der Waals surface area contributed by atoms with Crippen LogP contribution in [0.3, 0.4) is 0 Å². The van der Waals surface area contributed by atoms with Gasteiger partial charge >= 0.3 is 14.2 Å². The first-order valence-electron chi connectivity index (χ1n) is 7.77. The lowest BCUT2D eigenvalue weighted by Gasteiger charge is -2.17. The molecule has 0 bridgehead atoms. The lowest BCUT2D eigenvalue weighted by molar-refractivity contribution is 0.292. The largest absolute Gasteiger partial charge is 0.494 e. The third kappa shape index (κ3) is 2.12. The van der Waals surface area contributed by atoms with Crippen LogP contribution in [-0.4, -0.2) is 38.5 Å². The topological polar surface area (TPSA) is 58.9 Å². The molecule has 0 aliphatic rings. The van der Waals surface area contributed by atoms with Crippen LogP contribution < -0.4 is 10.9 Å². The number of benzene rings is 4. The molecule has 118 valence electrons. The van der Waals surface area contributed by atoms with Gasteiger partial charge in [0.05, 0.1) is 0 Å². The molecular formula is C18H16B2O4. The Balaban J connectivity index is 2.18. The maximum Gasteiger partial charge on any atom is 0.494 e. The molecule has 0 fully saturated rings. The predicted octanol–water partition coefficient (Wildman–Crippen LogP) is 1.25. The van der Waals surface area contributed by atoms with Gasteiger partial charge in [-0.3, -0.25) is 0 Å². The standard InChI is InChI=1S/C18H16B2O4/c1-23-20(24-2)16-10-6-12-3-7-13-15(19(21)22)9-5-11-4-8-14(16)18(12)17(11)13/h3-10,21-22H,1-2H3. The van der Waals surface area contributed by atoms with Gasteiger partial charge < -0.3 is 19.4 Å². The molecule has 0 radical (unpaired) electrons. The van der Waals surface area contributed by atoms with Crippen LogP contribution in [0.25, 0.3) is 32.3 Å². The Kier molecular flexibility index (Phi) is 3.70. The summed E-state index contributed by atoms with van der Waals surface area (Å²) < 4.78 is 10.9. The summed E-state index contributed by atoms with van der Waals surface area (Å²) in [6, 6.07) is 15.8. The van der Waals surface area contributed by atoms with Crippen molar-refractivity contribution in [3.05, 3.63) is 48.5 Å². The fraction of sp³-hybridized carbons (Fsp3) is 0.111. The maximum absolute atomic E-state index is 9.69. The second-order valence-electron chi connectivity index (χ2n) is 5.91. The SMILES string of the molecule is COB(OC)c1ccc2ccc3c(B(O)O)ccc4ccc1c2c43. The predicted molar refractivity (Wildman–Crippen MR) is 99.4 cm³/mol. The summed E-state index contributed by atoms with van der Waals surface area (Å²) in [6.07, 6.45) is 0. The van der Waals surface area contributed by atoms with E-state index >= 15 is 0 Å². The fourth-order valence-corrected chi connectivity index (χ4v) is 3.63. The molecule has 0 atom stereocenters. The lowest BCUT2D eigenvalue weighted by atomic mass is 9.72. The van der Waals surface area contributed by atoms with Crippen LogP contribution >= 0.6 is 0 Å². The molecule has 4 rings (SSSR count). The summed E-state index contributed by atoms with van der Waals surface area (Å²) in [6.45, 7) is 0. The normalized spacial score (nSPS) is 11.7. The summed E-state index contributed by atoms with van der Waals surface area (Å²) in [4.78, 5) is 0. The Morgan fingerprint density at radius 3 is 1.62 bits per heavy atom. The highest BCUT2D eigenvalue weighted by Gasteiger charge is 2.23. The van der Waals surface area contributed by atoms with Crippen molar-refractivity contribution in [2.24, 2.45) is 0 Å². The summed E-state index contributed by atoms with van der Waals surface area (Å²) in [7, 11) is 1.29. The zero-order chi connectivity index (χ0) is 16.8. The molecule has 4 aromatic rings. The van der Waals surface area contributed by atoms with Crippen LogP contribution in [0.2, 0.25) is 0 Å².